The Hall–Kier alpha value is -1.77. The van der Waals surface area contributed by atoms with Gasteiger partial charge in [0.25, 0.3) is 0 Å². The highest BCUT2D eigenvalue weighted by molar-refractivity contribution is 5.45. The van der Waals surface area contributed by atoms with Crippen molar-refractivity contribution >= 4 is 0 Å². The maximum atomic E-state index is 9.73. The molecule has 0 spiro atoms. The zero-order valence-corrected chi connectivity index (χ0v) is 16.0. The summed E-state index contributed by atoms with van der Waals surface area (Å²) >= 11 is 0. The van der Waals surface area contributed by atoms with Gasteiger partial charge in [-0.1, -0.05) is 26.8 Å². The van der Waals surface area contributed by atoms with Crippen LogP contribution in [0.3, 0.4) is 0 Å². The normalized spacial score (nSPS) is 17.3. The average Bonchev–Trinajstić information content (AvgIpc) is 2.62. The first-order valence-electron chi connectivity index (χ1n) is 9.25. The molecule has 0 radical (unpaired) electrons. The van der Waals surface area contributed by atoms with Gasteiger partial charge in [0.1, 0.15) is 6.04 Å². The second-order valence-corrected chi connectivity index (χ2v) is 7.02. The molecule has 0 bridgehead atoms. The molecule has 0 aromatic heterocycles. The number of nitrogens with zero attached hydrogens (tertiary/aromatic N) is 3. The van der Waals surface area contributed by atoms with E-state index < -0.39 is 0 Å². The molecule has 5 heteroatoms. The molecule has 1 unspecified atom stereocenters. The van der Waals surface area contributed by atoms with Crippen LogP contribution in [0.1, 0.15) is 38.8 Å². The molecule has 0 amide bonds. The minimum absolute atomic E-state index is 0.239. The van der Waals surface area contributed by atoms with Crippen LogP contribution >= 0.6 is 0 Å². The van der Waals surface area contributed by atoms with Gasteiger partial charge in [0.05, 0.1) is 19.8 Å². The molecule has 0 N–H and O–H groups in total. The zero-order chi connectivity index (χ0) is 18.2. The Labute approximate surface area is 152 Å². The lowest BCUT2D eigenvalue weighted by atomic mass is 10.0. The smallest absolute Gasteiger partial charge is 0.161 e. The number of hydrogen-bond acceptors (Lipinski definition) is 5. The van der Waals surface area contributed by atoms with Crippen molar-refractivity contribution in [3.63, 3.8) is 0 Å². The number of hydrogen-bond donors (Lipinski definition) is 0. The fourth-order valence-electron chi connectivity index (χ4n) is 3.16. The largest absolute Gasteiger partial charge is 0.493 e. The van der Waals surface area contributed by atoms with Crippen LogP contribution in [0.4, 0.5) is 0 Å². The van der Waals surface area contributed by atoms with E-state index >= 15 is 0 Å². The number of ether oxygens (including phenoxy) is 2. The second kappa shape index (κ2) is 9.65. The van der Waals surface area contributed by atoms with Crippen molar-refractivity contribution in [3.05, 3.63) is 23.8 Å². The minimum atomic E-state index is -0.239. The minimum Gasteiger partial charge on any atom is -0.493 e. The molecular weight excluding hydrogens is 314 g/mol. The quantitative estimate of drug-likeness (QED) is 0.723. The van der Waals surface area contributed by atoms with Gasteiger partial charge in [-0.15, -0.1) is 0 Å². The molecule has 25 heavy (non-hydrogen) atoms. The Morgan fingerprint density at radius 1 is 1.16 bits per heavy atom. The van der Waals surface area contributed by atoms with Gasteiger partial charge in [-0.2, -0.15) is 5.26 Å². The summed E-state index contributed by atoms with van der Waals surface area (Å²) < 4.78 is 11.3. The number of rotatable bonds is 8. The van der Waals surface area contributed by atoms with Gasteiger partial charge in [0.15, 0.2) is 11.5 Å². The molecule has 1 aromatic carbocycles. The number of methoxy groups -OCH3 is 1. The molecule has 1 heterocycles. The van der Waals surface area contributed by atoms with E-state index in [4.69, 9.17) is 9.47 Å². The summed E-state index contributed by atoms with van der Waals surface area (Å²) in [4.78, 5) is 4.73. The molecule has 138 valence electrons. The number of piperazine rings is 1. The molecule has 2 rings (SSSR count). The maximum absolute atomic E-state index is 9.73. The maximum Gasteiger partial charge on any atom is 0.161 e. The number of nitriles is 1. The highest BCUT2D eigenvalue weighted by Gasteiger charge is 2.25. The van der Waals surface area contributed by atoms with Crippen LogP contribution in [0, 0.1) is 17.2 Å². The Bertz CT molecular complexity index is 575. The molecule has 5 nitrogen and oxygen atoms in total. The molecule has 1 aliphatic heterocycles. The van der Waals surface area contributed by atoms with Gasteiger partial charge in [-0.25, -0.2) is 0 Å². The zero-order valence-electron chi connectivity index (χ0n) is 16.0. The van der Waals surface area contributed by atoms with E-state index in [1.165, 1.54) is 6.42 Å². The van der Waals surface area contributed by atoms with Crippen molar-refractivity contribution in [1.29, 1.82) is 5.26 Å². The van der Waals surface area contributed by atoms with Crippen LogP contribution in [0.15, 0.2) is 18.2 Å². The van der Waals surface area contributed by atoms with E-state index in [-0.39, 0.29) is 6.04 Å². The highest BCUT2D eigenvalue weighted by atomic mass is 16.5. The summed E-state index contributed by atoms with van der Waals surface area (Å²) in [6, 6.07) is 8.09. The third-order valence-electron chi connectivity index (χ3n) is 4.51. The molecule has 1 aliphatic rings. The standard InChI is InChI=1S/C20H31N3O2/c1-5-8-22-9-11-23(12-10-22)18(14-21)17-6-7-19(20(13-17)24-4)25-15-16(2)3/h6-7,13,16,18H,5,8-12,15H2,1-4H3. The Morgan fingerprint density at radius 2 is 1.88 bits per heavy atom. The van der Waals surface area contributed by atoms with E-state index in [0.717, 1.165) is 44.0 Å². The van der Waals surface area contributed by atoms with Gasteiger partial charge in [-0.3, -0.25) is 4.90 Å². The van der Waals surface area contributed by atoms with Crippen molar-refractivity contribution in [2.24, 2.45) is 5.92 Å². The number of benzene rings is 1. The molecule has 1 fully saturated rings. The van der Waals surface area contributed by atoms with Gasteiger partial charge in [-0.05, 0) is 36.6 Å². The topological polar surface area (TPSA) is 48.7 Å². The van der Waals surface area contributed by atoms with Crippen LogP contribution in [-0.2, 0) is 0 Å². The lowest BCUT2D eigenvalue weighted by molar-refractivity contribution is 0.114. The lowest BCUT2D eigenvalue weighted by Gasteiger charge is -2.37. The summed E-state index contributed by atoms with van der Waals surface area (Å²) in [5.74, 6) is 1.89. The fraction of sp³-hybridized carbons (Fsp3) is 0.650. The molecule has 1 saturated heterocycles. The van der Waals surface area contributed by atoms with Gasteiger partial charge in [0, 0.05) is 26.2 Å². The van der Waals surface area contributed by atoms with E-state index in [0.29, 0.717) is 18.3 Å². The monoisotopic (exact) mass is 345 g/mol. The Morgan fingerprint density at radius 3 is 2.44 bits per heavy atom. The summed E-state index contributed by atoms with van der Waals surface area (Å²) in [6.45, 7) is 12.1. The lowest BCUT2D eigenvalue weighted by Crippen LogP contribution is -2.47. The molecule has 0 aliphatic carbocycles. The SMILES string of the molecule is CCCN1CCN(C(C#N)c2ccc(OCC(C)C)c(OC)c2)CC1. The highest BCUT2D eigenvalue weighted by Crippen LogP contribution is 2.32. The molecule has 1 atom stereocenters. The predicted octanol–water partition coefficient (Wildman–Crippen LogP) is 3.32. The summed E-state index contributed by atoms with van der Waals surface area (Å²) in [7, 11) is 1.65. The Kier molecular flexibility index (Phi) is 7.54. The third kappa shape index (κ3) is 5.35. The second-order valence-electron chi connectivity index (χ2n) is 7.02. The first-order chi connectivity index (χ1) is 12.1. The first kappa shape index (κ1) is 19.6. The molecule has 1 aromatic rings. The van der Waals surface area contributed by atoms with Gasteiger partial charge in [0.2, 0.25) is 0 Å². The van der Waals surface area contributed by atoms with Crippen LogP contribution in [-0.4, -0.2) is 56.2 Å². The van der Waals surface area contributed by atoms with Gasteiger partial charge < -0.3 is 14.4 Å². The molecule has 0 saturated carbocycles. The van der Waals surface area contributed by atoms with E-state index in [1.54, 1.807) is 7.11 Å². The van der Waals surface area contributed by atoms with Crippen molar-refractivity contribution in [2.45, 2.75) is 33.2 Å². The predicted molar refractivity (Wildman–Crippen MR) is 100.0 cm³/mol. The summed E-state index contributed by atoms with van der Waals surface area (Å²) in [5, 5.41) is 9.73. The van der Waals surface area contributed by atoms with Crippen LogP contribution in [0.25, 0.3) is 0 Å². The molecular formula is C20H31N3O2. The van der Waals surface area contributed by atoms with Crippen LogP contribution < -0.4 is 9.47 Å². The van der Waals surface area contributed by atoms with Crippen LogP contribution in [0.2, 0.25) is 0 Å². The van der Waals surface area contributed by atoms with E-state index in [9.17, 15) is 5.26 Å². The van der Waals surface area contributed by atoms with Crippen molar-refractivity contribution in [3.8, 4) is 17.6 Å². The summed E-state index contributed by atoms with van der Waals surface area (Å²) in [6.07, 6.45) is 1.18. The third-order valence-corrected chi connectivity index (χ3v) is 4.51. The van der Waals surface area contributed by atoms with Crippen molar-refractivity contribution in [2.75, 3.05) is 46.4 Å². The van der Waals surface area contributed by atoms with E-state index in [1.807, 2.05) is 18.2 Å². The average molecular weight is 345 g/mol. The van der Waals surface area contributed by atoms with Crippen molar-refractivity contribution in [1.82, 2.24) is 9.80 Å². The van der Waals surface area contributed by atoms with E-state index in [2.05, 4.69) is 36.6 Å². The van der Waals surface area contributed by atoms with Crippen molar-refractivity contribution < 1.29 is 9.47 Å². The Balaban J connectivity index is 2.09. The fourth-order valence-corrected chi connectivity index (χ4v) is 3.16. The van der Waals surface area contributed by atoms with Gasteiger partial charge >= 0.3 is 0 Å². The van der Waals surface area contributed by atoms with Crippen LogP contribution in [0.5, 0.6) is 11.5 Å². The first-order valence-corrected chi connectivity index (χ1v) is 9.25. The summed E-state index contributed by atoms with van der Waals surface area (Å²) in [5.41, 5.74) is 0.972.